The molecule has 0 spiro atoms. The van der Waals surface area contributed by atoms with E-state index in [-0.39, 0.29) is 0 Å². The van der Waals surface area contributed by atoms with E-state index in [4.69, 9.17) is 11.5 Å². The average Bonchev–Trinajstić information content (AvgIpc) is 3.15. The minimum atomic E-state index is -0.454. The molecule has 1 aliphatic carbocycles. The summed E-state index contributed by atoms with van der Waals surface area (Å²) < 4.78 is 1.84. The Kier molecular flexibility index (Phi) is 3.36. The molecule has 2 aromatic heterocycles. The third kappa shape index (κ3) is 2.49. The normalized spacial score (nSPS) is 14.4. The lowest BCUT2D eigenvalue weighted by Crippen LogP contribution is -2.11. The fourth-order valence-corrected chi connectivity index (χ4v) is 3.50. The second kappa shape index (κ2) is 5.07. The van der Waals surface area contributed by atoms with Crippen molar-refractivity contribution in [2.75, 3.05) is 11.1 Å². The molecule has 112 valence electrons. The number of anilines is 2. The molecule has 2 heterocycles. The fourth-order valence-electron chi connectivity index (χ4n) is 2.44. The van der Waals surface area contributed by atoms with Crippen LogP contribution in [-0.4, -0.2) is 15.7 Å². The summed E-state index contributed by atoms with van der Waals surface area (Å²) in [4.78, 5) is 11.9. The molecular weight excluding hydrogens is 286 g/mol. The van der Waals surface area contributed by atoms with Crippen LogP contribution in [0.2, 0.25) is 0 Å². The van der Waals surface area contributed by atoms with Crippen molar-refractivity contribution < 1.29 is 4.79 Å². The van der Waals surface area contributed by atoms with Crippen molar-refractivity contribution in [3.05, 3.63) is 27.9 Å². The molecular formula is C14H19N5OS. The second-order valence-electron chi connectivity index (χ2n) is 5.46. The number of aryl methyl sites for hydroxylation is 1. The van der Waals surface area contributed by atoms with E-state index >= 15 is 0 Å². The highest BCUT2D eigenvalue weighted by atomic mass is 32.1. The maximum absolute atomic E-state index is 11.5. The lowest BCUT2D eigenvalue weighted by Gasteiger charge is -2.07. The first-order valence-corrected chi connectivity index (χ1v) is 7.74. The summed E-state index contributed by atoms with van der Waals surface area (Å²) in [6.07, 6.45) is 4.10. The zero-order valence-electron chi connectivity index (χ0n) is 12.1. The number of amides is 1. The van der Waals surface area contributed by atoms with Gasteiger partial charge >= 0.3 is 0 Å². The number of nitrogens with one attached hydrogen (secondary N) is 1. The number of nitrogen functional groups attached to an aromatic ring is 1. The van der Waals surface area contributed by atoms with Crippen LogP contribution in [0.4, 0.5) is 10.7 Å². The molecule has 7 heteroatoms. The van der Waals surface area contributed by atoms with Crippen molar-refractivity contribution in [1.29, 1.82) is 0 Å². The molecule has 0 radical (unpaired) electrons. The highest BCUT2D eigenvalue weighted by Gasteiger charge is 2.32. The maximum atomic E-state index is 11.5. The Morgan fingerprint density at radius 1 is 1.57 bits per heavy atom. The van der Waals surface area contributed by atoms with E-state index < -0.39 is 5.91 Å². The van der Waals surface area contributed by atoms with E-state index in [2.05, 4.69) is 10.4 Å². The Labute approximate surface area is 127 Å². The van der Waals surface area contributed by atoms with Crippen molar-refractivity contribution in [2.45, 2.75) is 32.2 Å². The van der Waals surface area contributed by atoms with Gasteiger partial charge in [-0.2, -0.15) is 5.10 Å². The number of nitrogens with zero attached hydrogens (tertiary/aromatic N) is 2. The molecule has 6 nitrogen and oxygen atoms in total. The van der Waals surface area contributed by atoms with Crippen LogP contribution in [0.5, 0.6) is 0 Å². The third-order valence-electron chi connectivity index (χ3n) is 3.97. The van der Waals surface area contributed by atoms with Gasteiger partial charge in [-0.1, -0.05) is 0 Å². The van der Waals surface area contributed by atoms with Crippen molar-refractivity contribution in [3.8, 4) is 0 Å². The van der Waals surface area contributed by atoms with E-state index in [1.165, 1.54) is 11.3 Å². The minimum Gasteiger partial charge on any atom is -0.397 e. The van der Waals surface area contributed by atoms with Crippen LogP contribution in [0.1, 0.15) is 45.3 Å². The molecule has 5 N–H and O–H groups in total. The van der Waals surface area contributed by atoms with E-state index in [1.807, 2.05) is 24.9 Å². The summed E-state index contributed by atoms with van der Waals surface area (Å²) in [6, 6.07) is 0. The van der Waals surface area contributed by atoms with Gasteiger partial charge in [0.15, 0.2) is 0 Å². The number of rotatable bonds is 5. The lowest BCUT2D eigenvalue weighted by molar-refractivity contribution is 0.100. The van der Waals surface area contributed by atoms with Gasteiger partial charge in [0, 0.05) is 30.4 Å². The molecule has 1 amide bonds. The number of thiophene rings is 1. The zero-order chi connectivity index (χ0) is 15.1. The number of aromatic nitrogens is 2. The largest absolute Gasteiger partial charge is 0.397 e. The van der Waals surface area contributed by atoms with E-state index in [9.17, 15) is 4.79 Å². The fraction of sp³-hybridized carbons (Fsp3) is 0.429. The number of hydrogen-bond donors (Lipinski definition) is 3. The summed E-state index contributed by atoms with van der Waals surface area (Å²) in [7, 11) is 1.92. The molecule has 1 fully saturated rings. The van der Waals surface area contributed by atoms with Crippen LogP contribution in [-0.2, 0) is 13.6 Å². The Balaban J connectivity index is 1.86. The molecule has 1 aliphatic rings. The number of hydrogen-bond acceptors (Lipinski definition) is 5. The maximum Gasteiger partial charge on any atom is 0.260 e. The highest BCUT2D eigenvalue weighted by molar-refractivity contribution is 7.18. The Morgan fingerprint density at radius 2 is 2.29 bits per heavy atom. The van der Waals surface area contributed by atoms with Crippen molar-refractivity contribution in [1.82, 2.24) is 9.78 Å². The number of carbonyl (C=O) groups excluding carboxylic acids is 1. The van der Waals surface area contributed by atoms with Crippen molar-refractivity contribution in [3.63, 3.8) is 0 Å². The monoisotopic (exact) mass is 305 g/mol. The number of nitrogens with two attached hydrogens (primary N) is 2. The molecule has 3 rings (SSSR count). The molecule has 0 saturated heterocycles. The molecule has 0 bridgehead atoms. The van der Waals surface area contributed by atoms with Gasteiger partial charge in [0.25, 0.3) is 5.91 Å². The molecule has 0 aromatic carbocycles. The summed E-state index contributed by atoms with van der Waals surface area (Å²) in [5, 5.41) is 8.59. The first-order chi connectivity index (χ1) is 9.99. The highest BCUT2D eigenvalue weighted by Crippen LogP contribution is 2.50. The summed E-state index contributed by atoms with van der Waals surface area (Å²) in [5.74, 6) is 0.0110. The van der Waals surface area contributed by atoms with Crippen LogP contribution in [0, 0.1) is 6.92 Å². The van der Waals surface area contributed by atoms with Crippen molar-refractivity contribution in [2.24, 2.45) is 12.8 Å². The molecule has 0 unspecified atom stereocenters. The Morgan fingerprint density at radius 3 is 2.81 bits per heavy atom. The van der Waals surface area contributed by atoms with E-state index in [0.717, 1.165) is 34.7 Å². The molecule has 1 saturated carbocycles. The molecule has 21 heavy (non-hydrogen) atoms. The first kappa shape index (κ1) is 13.9. The van der Waals surface area contributed by atoms with Crippen molar-refractivity contribution >= 4 is 27.9 Å². The van der Waals surface area contributed by atoms with Gasteiger partial charge < -0.3 is 16.8 Å². The summed E-state index contributed by atoms with van der Waals surface area (Å²) >= 11 is 1.36. The molecule has 2 aromatic rings. The number of carbonyl (C=O) groups is 1. The average molecular weight is 305 g/mol. The topological polar surface area (TPSA) is 99.0 Å². The van der Waals surface area contributed by atoms with Gasteiger partial charge in [-0.15, -0.1) is 11.3 Å². The second-order valence-corrected chi connectivity index (χ2v) is 6.48. The van der Waals surface area contributed by atoms with Crippen LogP contribution >= 0.6 is 11.3 Å². The van der Waals surface area contributed by atoms with E-state index in [1.54, 1.807) is 0 Å². The minimum absolute atomic E-state index is 0.454. The van der Waals surface area contributed by atoms with E-state index in [0.29, 0.717) is 23.0 Å². The van der Waals surface area contributed by atoms with Crippen LogP contribution in [0.25, 0.3) is 0 Å². The van der Waals surface area contributed by atoms with Crippen LogP contribution in [0.15, 0.2) is 6.20 Å². The number of primary amides is 1. The van der Waals surface area contributed by atoms with Gasteiger partial charge in [0.2, 0.25) is 0 Å². The molecule has 0 aliphatic heterocycles. The van der Waals surface area contributed by atoms with Gasteiger partial charge in [0.05, 0.1) is 16.9 Å². The van der Waals surface area contributed by atoms with Crippen LogP contribution in [0.3, 0.4) is 0 Å². The Bertz CT molecular complexity index is 699. The molecule has 0 atom stereocenters. The zero-order valence-corrected chi connectivity index (χ0v) is 13.0. The predicted octanol–water partition coefficient (Wildman–Crippen LogP) is 1.96. The van der Waals surface area contributed by atoms with Gasteiger partial charge in [0.1, 0.15) is 4.88 Å². The predicted molar refractivity (Wildman–Crippen MR) is 84.5 cm³/mol. The first-order valence-electron chi connectivity index (χ1n) is 6.92. The smallest absolute Gasteiger partial charge is 0.260 e. The Hall–Kier alpha value is -2.02. The van der Waals surface area contributed by atoms with Gasteiger partial charge in [-0.25, -0.2) is 0 Å². The van der Waals surface area contributed by atoms with Gasteiger partial charge in [-0.3, -0.25) is 9.48 Å². The lowest BCUT2D eigenvalue weighted by atomic mass is 10.1. The quantitative estimate of drug-likeness (QED) is 0.786. The van der Waals surface area contributed by atoms with Crippen LogP contribution < -0.4 is 16.8 Å². The summed E-state index contributed by atoms with van der Waals surface area (Å²) in [6.45, 7) is 2.70. The standard InChI is InChI=1S/C14H19N5OS/c1-7-9(6-18-19(7)2)5-17-14-10(8-3-4-8)11(15)12(21-14)13(16)20/h6,8,17H,3-5,15H2,1-2H3,(H2,16,20). The third-order valence-corrected chi connectivity index (χ3v) is 5.16. The SMILES string of the molecule is Cc1c(CNc2sc(C(N)=O)c(N)c2C2CC2)cnn1C. The summed E-state index contributed by atoms with van der Waals surface area (Å²) in [5.41, 5.74) is 15.4. The van der Waals surface area contributed by atoms with Gasteiger partial charge in [-0.05, 0) is 25.7 Å².